The molecule has 0 radical (unpaired) electrons. The molecule has 0 spiro atoms. The van der Waals surface area contributed by atoms with Gasteiger partial charge in [0.15, 0.2) is 0 Å². The number of rotatable bonds is 5. The molecule has 1 aromatic carbocycles. The van der Waals surface area contributed by atoms with Crippen LogP contribution in [0, 0.1) is 0 Å². The van der Waals surface area contributed by atoms with Crippen LogP contribution < -0.4 is 5.32 Å². The Morgan fingerprint density at radius 3 is 2.68 bits per heavy atom. The molecule has 2 N–H and O–H groups in total. The zero-order valence-electron chi connectivity index (χ0n) is 11.5. The summed E-state index contributed by atoms with van der Waals surface area (Å²) in [7, 11) is 0. The maximum atomic E-state index is 9.06. The lowest BCUT2D eigenvalue weighted by atomic mass is 10.0. The first-order chi connectivity index (χ1) is 9.19. The highest BCUT2D eigenvalue weighted by Crippen LogP contribution is 2.19. The molecule has 0 amide bonds. The Morgan fingerprint density at radius 2 is 2.05 bits per heavy atom. The van der Waals surface area contributed by atoms with Crippen LogP contribution in [-0.4, -0.2) is 41.8 Å². The summed E-state index contributed by atoms with van der Waals surface area (Å²) in [4.78, 5) is 2.45. The van der Waals surface area contributed by atoms with Gasteiger partial charge < -0.3 is 10.4 Å². The van der Waals surface area contributed by atoms with E-state index in [2.05, 4.69) is 16.3 Å². The first-order valence-electron chi connectivity index (χ1n) is 7.01. The van der Waals surface area contributed by atoms with Gasteiger partial charge in [0, 0.05) is 23.7 Å². The van der Waals surface area contributed by atoms with Crippen molar-refractivity contribution in [3.05, 3.63) is 34.9 Å². The maximum absolute atomic E-state index is 9.06. The van der Waals surface area contributed by atoms with Crippen molar-refractivity contribution >= 4 is 11.6 Å². The number of halogens is 1. The molecule has 106 valence electrons. The van der Waals surface area contributed by atoms with Gasteiger partial charge in [-0.2, -0.15) is 0 Å². The average Bonchev–Trinajstić information content (AvgIpc) is 2.43. The molecule has 1 fully saturated rings. The van der Waals surface area contributed by atoms with Gasteiger partial charge in [0.25, 0.3) is 0 Å². The fraction of sp³-hybridized carbons (Fsp3) is 0.600. The molecule has 0 saturated carbocycles. The van der Waals surface area contributed by atoms with E-state index in [9.17, 15) is 0 Å². The van der Waals surface area contributed by atoms with E-state index in [1.165, 1.54) is 5.56 Å². The summed E-state index contributed by atoms with van der Waals surface area (Å²) >= 11 is 6.19. The Balaban J connectivity index is 1.79. The summed E-state index contributed by atoms with van der Waals surface area (Å²) in [6.07, 6.45) is 2.27. The second-order valence-corrected chi connectivity index (χ2v) is 5.80. The third-order valence-electron chi connectivity index (χ3n) is 3.73. The molecule has 0 unspecified atom stereocenters. The van der Waals surface area contributed by atoms with Crippen LogP contribution in [0.15, 0.2) is 24.3 Å². The summed E-state index contributed by atoms with van der Waals surface area (Å²) in [6.45, 7) is 5.33. The van der Waals surface area contributed by atoms with Gasteiger partial charge in [-0.15, -0.1) is 0 Å². The first-order valence-corrected chi connectivity index (χ1v) is 7.39. The molecular weight excluding hydrogens is 260 g/mol. The molecule has 4 heteroatoms. The Hall–Kier alpha value is -0.610. The third-order valence-corrected chi connectivity index (χ3v) is 4.10. The predicted molar refractivity (Wildman–Crippen MR) is 79.4 cm³/mol. The molecule has 1 heterocycles. The van der Waals surface area contributed by atoms with Gasteiger partial charge in [-0.3, -0.25) is 4.90 Å². The molecule has 3 nitrogen and oxygen atoms in total. The maximum Gasteiger partial charge on any atom is 0.0582 e. The number of nitrogens with zero attached hydrogens (tertiary/aromatic N) is 1. The Bertz CT molecular complexity index is 391. The van der Waals surface area contributed by atoms with Gasteiger partial charge in [-0.05, 0) is 44.5 Å². The highest BCUT2D eigenvalue weighted by Gasteiger charge is 2.20. The fourth-order valence-corrected chi connectivity index (χ4v) is 2.78. The summed E-state index contributed by atoms with van der Waals surface area (Å²) in [5.41, 5.74) is 1.21. The minimum atomic E-state index is 0.195. The average molecular weight is 283 g/mol. The molecule has 1 saturated heterocycles. The lowest BCUT2D eigenvalue weighted by Crippen LogP contribution is -2.46. The van der Waals surface area contributed by atoms with E-state index in [-0.39, 0.29) is 12.6 Å². The molecule has 1 atom stereocenters. The van der Waals surface area contributed by atoms with Crippen LogP contribution in [0.25, 0.3) is 0 Å². The van der Waals surface area contributed by atoms with E-state index in [1.807, 2.05) is 25.1 Å². The van der Waals surface area contributed by atoms with E-state index < -0.39 is 0 Å². The number of hydrogen-bond donors (Lipinski definition) is 2. The van der Waals surface area contributed by atoms with E-state index in [1.54, 1.807) is 0 Å². The van der Waals surface area contributed by atoms with Crippen molar-refractivity contribution in [3.63, 3.8) is 0 Å². The SMILES string of the molecule is C[C@H](CO)NC1CCN(Cc2ccccc2Cl)CC1. The van der Waals surface area contributed by atoms with Crippen LogP contribution in [-0.2, 0) is 6.54 Å². The Morgan fingerprint density at radius 1 is 1.37 bits per heavy atom. The quantitative estimate of drug-likeness (QED) is 0.870. The largest absolute Gasteiger partial charge is 0.395 e. The van der Waals surface area contributed by atoms with Crippen molar-refractivity contribution in [2.24, 2.45) is 0 Å². The Labute approximate surface area is 120 Å². The predicted octanol–water partition coefficient (Wildman–Crippen LogP) is 2.27. The topological polar surface area (TPSA) is 35.5 Å². The number of aliphatic hydroxyl groups is 1. The van der Waals surface area contributed by atoms with Gasteiger partial charge in [0.1, 0.15) is 0 Å². The van der Waals surface area contributed by atoms with E-state index in [0.29, 0.717) is 6.04 Å². The van der Waals surface area contributed by atoms with E-state index in [4.69, 9.17) is 16.7 Å². The second kappa shape index (κ2) is 7.25. The highest BCUT2D eigenvalue weighted by atomic mass is 35.5. The summed E-state index contributed by atoms with van der Waals surface area (Å²) < 4.78 is 0. The second-order valence-electron chi connectivity index (χ2n) is 5.39. The normalized spacial score (nSPS) is 19.5. The molecule has 0 bridgehead atoms. The van der Waals surface area contributed by atoms with Crippen LogP contribution in [0.4, 0.5) is 0 Å². The van der Waals surface area contributed by atoms with Crippen LogP contribution in [0.3, 0.4) is 0 Å². The number of hydrogen-bond acceptors (Lipinski definition) is 3. The van der Waals surface area contributed by atoms with Crippen molar-refractivity contribution in [1.29, 1.82) is 0 Å². The first kappa shape index (κ1) is 14.8. The fourth-order valence-electron chi connectivity index (χ4n) is 2.58. The highest BCUT2D eigenvalue weighted by molar-refractivity contribution is 6.31. The van der Waals surface area contributed by atoms with Crippen molar-refractivity contribution in [3.8, 4) is 0 Å². The van der Waals surface area contributed by atoms with Crippen LogP contribution >= 0.6 is 11.6 Å². The number of likely N-dealkylation sites (tertiary alicyclic amines) is 1. The standard InChI is InChI=1S/C15H23ClN2O/c1-12(11-19)17-14-6-8-18(9-7-14)10-13-4-2-3-5-15(13)16/h2-5,12,14,17,19H,6-11H2,1H3/t12-/m1/s1. The molecule has 2 rings (SSSR count). The lowest BCUT2D eigenvalue weighted by Gasteiger charge is -2.33. The van der Waals surface area contributed by atoms with Gasteiger partial charge in [-0.1, -0.05) is 29.8 Å². The van der Waals surface area contributed by atoms with Crippen molar-refractivity contribution < 1.29 is 5.11 Å². The van der Waals surface area contributed by atoms with Crippen LogP contribution in [0.5, 0.6) is 0 Å². The van der Waals surface area contributed by atoms with Crippen LogP contribution in [0.2, 0.25) is 5.02 Å². The molecule has 19 heavy (non-hydrogen) atoms. The summed E-state index contributed by atoms with van der Waals surface area (Å²) in [6, 6.07) is 8.79. The summed E-state index contributed by atoms with van der Waals surface area (Å²) in [5.74, 6) is 0. The minimum absolute atomic E-state index is 0.195. The molecule has 1 aliphatic rings. The lowest BCUT2D eigenvalue weighted by molar-refractivity contribution is 0.170. The van der Waals surface area contributed by atoms with Crippen molar-refractivity contribution in [2.45, 2.75) is 38.4 Å². The number of aliphatic hydroxyl groups excluding tert-OH is 1. The number of piperidine rings is 1. The molecule has 0 aliphatic carbocycles. The number of nitrogens with one attached hydrogen (secondary N) is 1. The third kappa shape index (κ3) is 4.46. The van der Waals surface area contributed by atoms with E-state index >= 15 is 0 Å². The van der Waals surface area contributed by atoms with E-state index in [0.717, 1.165) is 37.5 Å². The summed E-state index contributed by atoms with van der Waals surface area (Å²) in [5, 5.41) is 13.4. The van der Waals surface area contributed by atoms with Gasteiger partial charge in [-0.25, -0.2) is 0 Å². The van der Waals surface area contributed by atoms with Crippen LogP contribution in [0.1, 0.15) is 25.3 Å². The minimum Gasteiger partial charge on any atom is -0.395 e. The molecular formula is C15H23ClN2O. The zero-order valence-corrected chi connectivity index (χ0v) is 12.2. The number of benzene rings is 1. The van der Waals surface area contributed by atoms with Crippen molar-refractivity contribution in [2.75, 3.05) is 19.7 Å². The zero-order chi connectivity index (χ0) is 13.7. The van der Waals surface area contributed by atoms with Gasteiger partial charge >= 0.3 is 0 Å². The van der Waals surface area contributed by atoms with Gasteiger partial charge in [0.2, 0.25) is 0 Å². The van der Waals surface area contributed by atoms with Gasteiger partial charge in [0.05, 0.1) is 6.61 Å². The van der Waals surface area contributed by atoms with Crippen molar-refractivity contribution in [1.82, 2.24) is 10.2 Å². The molecule has 1 aliphatic heterocycles. The molecule has 0 aromatic heterocycles. The monoisotopic (exact) mass is 282 g/mol. The Kier molecular flexibility index (Phi) is 5.64. The smallest absolute Gasteiger partial charge is 0.0582 e. The molecule has 1 aromatic rings.